The van der Waals surface area contributed by atoms with Gasteiger partial charge >= 0.3 is 6.03 Å². The normalized spacial score (nSPS) is 22.6. The Morgan fingerprint density at radius 1 is 1.47 bits per heavy atom. The van der Waals surface area contributed by atoms with Crippen LogP contribution in [0.15, 0.2) is 24.3 Å². The molecule has 2 aliphatic rings. The Kier molecular flexibility index (Phi) is 2.86. The molecule has 0 aromatic heterocycles. The first-order valence-corrected chi connectivity index (χ1v) is 6.48. The summed E-state index contributed by atoms with van der Waals surface area (Å²) in [6.07, 6.45) is 0. The van der Waals surface area contributed by atoms with Gasteiger partial charge in [0.25, 0.3) is 0 Å². The Morgan fingerprint density at radius 2 is 2.21 bits per heavy atom. The topological polar surface area (TPSA) is 49.9 Å². The summed E-state index contributed by atoms with van der Waals surface area (Å²) < 4.78 is 5.64. The molecule has 2 aliphatic heterocycles. The van der Waals surface area contributed by atoms with Gasteiger partial charge in [-0.2, -0.15) is 0 Å². The summed E-state index contributed by atoms with van der Waals surface area (Å²) in [6, 6.07) is 6.52. The van der Waals surface area contributed by atoms with Crippen LogP contribution in [0.3, 0.4) is 0 Å². The molecule has 1 fully saturated rings. The summed E-state index contributed by atoms with van der Waals surface area (Å²) in [7, 11) is 0. The Labute approximate surface area is 115 Å². The molecule has 0 bridgehead atoms. The van der Waals surface area contributed by atoms with Gasteiger partial charge in [0.05, 0.1) is 11.7 Å². The summed E-state index contributed by atoms with van der Waals surface area (Å²) in [5, 5.41) is -0.526. The summed E-state index contributed by atoms with van der Waals surface area (Å²) in [6.45, 7) is 2.52. The van der Waals surface area contributed by atoms with Gasteiger partial charge in [-0.1, -0.05) is 12.1 Å². The number of carbonyl (C=O) groups is 2. The number of anilines is 1. The molecule has 2 unspecified atom stereocenters. The van der Waals surface area contributed by atoms with Crippen LogP contribution < -0.4 is 9.64 Å². The zero-order valence-corrected chi connectivity index (χ0v) is 11.1. The Bertz CT molecular complexity index is 548. The van der Waals surface area contributed by atoms with Gasteiger partial charge in [0.2, 0.25) is 5.24 Å². The number of urea groups is 1. The molecule has 2 amide bonds. The van der Waals surface area contributed by atoms with Crippen LogP contribution in [0.1, 0.15) is 6.92 Å². The predicted octanol–water partition coefficient (Wildman–Crippen LogP) is 1.84. The monoisotopic (exact) mass is 280 g/mol. The number of nitrogens with zero attached hydrogens (tertiary/aromatic N) is 2. The number of carbonyl (C=O) groups excluding carboxylic acids is 2. The van der Waals surface area contributed by atoms with Crippen molar-refractivity contribution >= 4 is 28.6 Å². The zero-order valence-electron chi connectivity index (χ0n) is 10.4. The fourth-order valence-electron chi connectivity index (χ4n) is 2.52. The van der Waals surface area contributed by atoms with E-state index in [-0.39, 0.29) is 12.1 Å². The molecule has 0 saturated carbocycles. The van der Waals surface area contributed by atoms with Crippen molar-refractivity contribution in [2.75, 3.05) is 18.1 Å². The number of rotatable bonds is 2. The molecular weight excluding hydrogens is 268 g/mol. The highest BCUT2D eigenvalue weighted by molar-refractivity contribution is 6.64. The Balaban J connectivity index is 1.95. The van der Waals surface area contributed by atoms with Crippen molar-refractivity contribution in [1.82, 2.24) is 4.90 Å². The molecule has 19 heavy (non-hydrogen) atoms. The minimum Gasteiger partial charge on any atom is -0.489 e. The van der Waals surface area contributed by atoms with Gasteiger partial charge in [-0.25, -0.2) is 4.79 Å². The molecular formula is C13H13ClN2O3. The van der Waals surface area contributed by atoms with E-state index in [0.717, 1.165) is 5.69 Å². The second kappa shape index (κ2) is 4.42. The van der Waals surface area contributed by atoms with Crippen molar-refractivity contribution in [3.63, 3.8) is 0 Å². The van der Waals surface area contributed by atoms with E-state index in [9.17, 15) is 9.59 Å². The van der Waals surface area contributed by atoms with Crippen molar-refractivity contribution in [3.8, 4) is 5.75 Å². The molecule has 3 rings (SSSR count). The lowest BCUT2D eigenvalue weighted by molar-refractivity contribution is -0.115. The average molecular weight is 281 g/mol. The van der Waals surface area contributed by atoms with Crippen LogP contribution >= 0.6 is 11.6 Å². The number of hydrogen-bond acceptors (Lipinski definition) is 3. The van der Waals surface area contributed by atoms with Crippen LogP contribution in [0.5, 0.6) is 5.75 Å². The van der Waals surface area contributed by atoms with Gasteiger partial charge in [0.1, 0.15) is 18.4 Å². The van der Waals surface area contributed by atoms with Crippen LogP contribution in [0, 0.1) is 0 Å². The highest BCUT2D eigenvalue weighted by Crippen LogP contribution is 2.37. The van der Waals surface area contributed by atoms with E-state index in [1.54, 1.807) is 11.8 Å². The maximum atomic E-state index is 12.4. The Hall–Kier alpha value is -1.75. The van der Waals surface area contributed by atoms with Crippen LogP contribution in [0.2, 0.25) is 0 Å². The lowest BCUT2D eigenvalue weighted by atomic mass is 10.2. The van der Waals surface area contributed by atoms with Crippen LogP contribution in [0.25, 0.3) is 0 Å². The molecule has 0 spiro atoms. The van der Waals surface area contributed by atoms with E-state index in [0.29, 0.717) is 18.9 Å². The summed E-state index contributed by atoms with van der Waals surface area (Å²) in [5.41, 5.74) is 0.750. The van der Waals surface area contributed by atoms with E-state index in [2.05, 4.69) is 0 Å². The molecule has 2 heterocycles. The number of benzene rings is 1. The SMILES string of the molecule is CC(C(=O)Cl)N1CC2COc3ccccc3N2C1=O. The lowest BCUT2D eigenvalue weighted by Crippen LogP contribution is -2.42. The van der Waals surface area contributed by atoms with Crippen LogP contribution in [-0.4, -0.2) is 41.4 Å². The average Bonchev–Trinajstić information content (AvgIpc) is 2.75. The lowest BCUT2D eigenvalue weighted by Gasteiger charge is -2.30. The van der Waals surface area contributed by atoms with Crippen molar-refractivity contribution < 1.29 is 14.3 Å². The van der Waals surface area contributed by atoms with Gasteiger partial charge in [-0.15, -0.1) is 0 Å². The second-order valence-corrected chi connectivity index (χ2v) is 5.09. The molecule has 100 valence electrons. The smallest absolute Gasteiger partial charge is 0.325 e. The first-order chi connectivity index (χ1) is 9.09. The third-order valence-corrected chi connectivity index (χ3v) is 3.89. The van der Waals surface area contributed by atoms with E-state index in [1.165, 1.54) is 4.90 Å². The van der Waals surface area contributed by atoms with Crippen molar-refractivity contribution in [2.24, 2.45) is 0 Å². The van der Waals surface area contributed by atoms with E-state index in [1.807, 2.05) is 24.3 Å². The minimum absolute atomic E-state index is 0.0686. The van der Waals surface area contributed by atoms with Gasteiger partial charge < -0.3 is 9.64 Å². The quantitative estimate of drug-likeness (QED) is 0.777. The summed E-state index contributed by atoms with van der Waals surface area (Å²) in [5.74, 6) is 0.693. The maximum absolute atomic E-state index is 12.4. The molecule has 2 atom stereocenters. The standard InChI is InChI=1S/C13H13ClN2O3/c1-8(12(14)17)15-6-9-7-19-11-5-3-2-4-10(11)16(9)13(15)18/h2-5,8-9H,6-7H2,1H3. The van der Waals surface area contributed by atoms with E-state index >= 15 is 0 Å². The Morgan fingerprint density at radius 3 is 2.95 bits per heavy atom. The number of amides is 2. The minimum atomic E-state index is -0.619. The van der Waals surface area contributed by atoms with Crippen LogP contribution in [0.4, 0.5) is 10.5 Å². The van der Waals surface area contributed by atoms with Gasteiger partial charge in [0, 0.05) is 6.54 Å². The predicted molar refractivity (Wildman–Crippen MR) is 70.6 cm³/mol. The zero-order chi connectivity index (χ0) is 13.6. The number of ether oxygens (including phenoxy) is 1. The number of halogens is 1. The third kappa shape index (κ3) is 1.85. The molecule has 0 N–H and O–H groups in total. The maximum Gasteiger partial charge on any atom is 0.325 e. The fraction of sp³-hybridized carbons (Fsp3) is 0.385. The molecule has 6 heteroatoms. The largest absolute Gasteiger partial charge is 0.489 e. The highest BCUT2D eigenvalue weighted by Gasteiger charge is 2.44. The molecule has 5 nitrogen and oxygen atoms in total. The number of para-hydroxylation sites is 2. The van der Waals surface area contributed by atoms with Crippen molar-refractivity contribution in [1.29, 1.82) is 0 Å². The molecule has 0 radical (unpaired) electrons. The molecule has 1 aromatic rings. The van der Waals surface area contributed by atoms with Crippen LogP contribution in [-0.2, 0) is 4.79 Å². The molecule has 1 aromatic carbocycles. The van der Waals surface area contributed by atoms with Gasteiger partial charge in [-0.3, -0.25) is 9.69 Å². The van der Waals surface area contributed by atoms with E-state index in [4.69, 9.17) is 16.3 Å². The van der Waals surface area contributed by atoms with Crippen molar-refractivity contribution in [3.05, 3.63) is 24.3 Å². The van der Waals surface area contributed by atoms with E-state index < -0.39 is 11.3 Å². The van der Waals surface area contributed by atoms with Gasteiger partial charge in [-0.05, 0) is 30.7 Å². The first-order valence-electron chi connectivity index (χ1n) is 6.10. The number of hydrogen-bond donors (Lipinski definition) is 0. The number of fused-ring (bicyclic) bond motifs is 3. The first kappa shape index (κ1) is 12.3. The second-order valence-electron chi connectivity index (χ2n) is 4.72. The highest BCUT2D eigenvalue weighted by atomic mass is 35.5. The molecule has 1 saturated heterocycles. The summed E-state index contributed by atoms with van der Waals surface area (Å²) >= 11 is 5.49. The van der Waals surface area contributed by atoms with Gasteiger partial charge in [0.15, 0.2) is 0 Å². The van der Waals surface area contributed by atoms with Crippen molar-refractivity contribution in [2.45, 2.75) is 19.0 Å². The summed E-state index contributed by atoms with van der Waals surface area (Å²) in [4.78, 5) is 26.9. The molecule has 0 aliphatic carbocycles. The fourth-order valence-corrected chi connectivity index (χ4v) is 2.64. The third-order valence-electron chi connectivity index (χ3n) is 3.58.